The van der Waals surface area contributed by atoms with E-state index in [0.29, 0.717) is 12.0 Å². The summed E-state index contributed by atoms with van der Waals surface area (Å²) in [6.45, 7) is 0. The Bertz CT molecular complexity index is 580. The molecule has 2 aliphatic carbocycles. The molecule has 1 aromatic rings. The van der Waals surface area contributed by atoms with E-state index in [9.17, 15) is 14.9 Å². The Morgan fingerprint density at radius 3 is 2.57 bits per heavy atom. The van der Waals surface area contributed by atoms with Crippen LogP contribution in [0, 0.1) is 22.0 Å². The van der Waals surface area contributed by atoms with Crippen molar-refractivity contribution < 1.29 is 9.72 Å². The van der Waals surface area contributed by atoms with Crippen LogP contribution in [0.2, 0.25) is 0 Å². The van der Waals surface area contributed by atoms with Gasteiger partial charge in [0.1, 0.15) is 0 Å². The van der Waals surface area contributed by atoms with Gasteiger partial charge in [-0.15, -0.1) is 0 Å². The zero-order chi connectivity index (χ0) is 14.8. The van der Waals surface area contributed by atoms with Gasteiger partial charge < -0.3 is 5.32 Å². The number of hydrogen-bond acceptors (Lipinski definition) is 3. The molecule has 1 N–H and O–H groups in total. The van der Waals surface area contributed by atoms with Crippen molar-refractivity contribution in [3.63, 3.8) is 0 Å². The summed E-state index contributed by atoms with van der Waals surface area (Å²) in [5, 5.41) is 13.6. The highest BCUT2D eigenvalue weighted by Gasteiger charge is 2.39. The Balaban J connectivity index is 1.55. The first-order valence-electron chi connectivity index (χ1n) is 7.35. The van der Waals surface area contributed by atoms with Gasteiger partial charge in [-0.05, 0) is 54.9 Å². The average molecular weight is 286 g/mol. The molecular weight excluding hydrogens is 268 g/mol. The third-order valence-electron chi connectivity index (χ3n) is 4.60. The molecule has 0 saturated heterocycles. The summed E-state index contributed by atoms with van der Waals surface area (Å²) in [5.74, 6) is 1.39. The van der Waals surface area contributed by atoms with E-state index in [1.165, 1.54) is 37.5 Å². The van der Waals surface area contributed by atoms with Gasteiger partial charge in [0.05, 0.1) is 4.92 Å². The van der Waals surface area contributed by atoms with Crippen molar-refractivity contribution in [1.29, 1.82) is 0 Å². The predicted molar refractivity (Wildman–Crippen MR) is 79.5 cm³/mol. The van der Waals surface area contributed by atoms with Crippen LogP contribution in [0.3, 0.4) is 0 Å². The molecule has 1 aromatic carbocycles. The summed E-state index contributed by atoms with van der Waals surface area (Å²) in [7, 11) is 0. The van der Waals surface area contributed by atoms with Crippen LogP contribution >= 0.6 is 0 Å². The Kier molecular flexibility index (Phi) is 3.73. The van der Waals surface area contributed by atoms with Crippen LogP contribution in [0.25, 0.3) is 6.08 Å². The van der Waals surface area contributed by atoms with Gasteiger partial charge in [0.25, 0.3) is 5.69 Å². The lowest BCUT2D eigenvalue weighted by Gasteiger charge is -2.22. The maximum Gasteiger partial charge on any atom is 0.269 e. The van der Waals surface area contributed by atoms with E-state index >= 15 is 0 Å². The number of hydrogen-bond donors (Lipinski definition) is 1. The quantitative estimate of drug-likeness (QED) is 0.525. The molecule has 0 heterocycles. The van der Waals surface area contributed by atoms with Gasteiger partial charge in [-0.1, -0.05) is 6.42 Å². The molecule has 110 valence electrons. The molecule has 1 amide bonds. The van der Waals surface area contributed by atoms with Crippen molar-refractivity contribution in [2.75, 3.05) is 0 Å². The minimum atomic E-state index is -0.435. The number of carbonyl (C=O) groups excluding carboxylic acids is 1. The highest BCUT2D eigenvalue weighted by Crippen LogP contribution is 2.44. The Morgan fingerprint density at radius 2 is 2.00 bits per heavy atom. The Labute approximate surface area is 123 Å². The van der Waals surface area contributed by atoms with Crippen molar-refractivity contribution >= 4 is 17.7 Å². The topological polar surface area (TPSA) is 72.2 Å². The molecule has 5 nitrogen and oxygen atoms in total. The van der Waals surface area contributed by atoms with E-state index in [2.05, 4.69) is 5.32 Å². The van der Waals surface area contributed by atoms with E-state index < -0.39 is 4.92 Å². The van der Waals surface area contributed by atoms with Crippen LogP contribution < -0.4 is 5.32 Å². The van der Waals surface area contributed by atoms with Crippen molar-refractivity contribution in [3.05, 3.63) is 46.0 Å². The largest absolute Gasteiger partial charge is 0.350 e. The number of nitro benzene ring substituents is 1. The Morgan fingerprint density at radius 1 is 1.24 bits per heavy atom. The average Bonchev–Trinajstić information content (AvgIpc) is 3.08. The lowest BCUT2D eigenvalue weighted by atomic mass is 9.95. The van der Waals surface area contributed by atoms with Gasteiger partial charge in [0, 0.05) is 24.3 Å². The molecule has 2 bridgehead atoms. The summed E-state index contributed by atoms with van der Waals surface area (Å²) in [5.41, 5.74) is 0.835. The molecule has 0 aliphatic heterocycles. The van der Waals surface area contributed by atoms with Crippen LogP contribution in [-0.2, 0) is 4.79 Å². The maximum atomic E-state index is 11.9. The van der Waals surface area contributed by atoms with Crippen LogP contribution in [-0.4, -0.2) is 16.9 Å². The molecule has 21 heavy (non-hydrogen) atoms. The predicted octanol–water partition coefficient (Wildman–Crippen LogP) is 2.91. The zero-order valence-electron chi connectivity index (χ0n) is 11.7. The molecular formula is C16H18N2O3. The fraction of sp³-hybridized carbons (Fsp3) is 0.438. The molecule has 0 radical (unpaired) electrons. The number of carbonyl (C=O) groups is 1. The first-order chi connectivity index (χ1) is 10.1. The standard InChI is InChI=1S/C16H18N2O3/c19-16(17-15-10-12-1-5-13(15)9-12)8-4-11-2-6-14(7-3-11)18(20)21/h2-4,6-8,12-13,15H,1,5,9-10H2,(H,17,19)/t12-,13+,15-/m0/s1. The summed E-state index contributed by atoms with van der Waals surface area (Å²) in [6.07, 6.45) is 8.12. The van der Waals surface area contributed by atoms with E-state index in [0.717, 1.165) is 17.9 Å². The summed E-state index contributed by atoms with van der Waals surface area (Å²) in [6, 6.07) is 6.48. The maximum absolute atomic E-state index is 11.9. The summed E-state index contributed by atoms with van der Waals surface area (Å²) >= 11 is 0. The molecule has 3 rings (SSSR count). The number of nitrogens with one attached hydrogen (secondary N) is 1. The number of fused-ring (bicyclic) bond motifs is 2. The summed E-state index contributed by atoms with van der Waals surface area (Å²) in [4.78, 5) is 22.0. The molecule has 0 aromatic heterocycles. The third kappa shape index (κ3) is 3.12. The van der Waals surface area contributed by atoms with E-state index in [4.69, 9.17) is 0 Å². The van der Waals surface area contributed by atoms with Crippen molar-refractivity contribution in [1.82, 2.24) is 5.32 Å². The molecule has 5 heteroatoms. The van der Waals surface area contributed by atoms with Crippen molar-refractivity contribution in [2.24, 2.45) is 11.8 Å². The second-order valence-corrected chi connectivity index (χ2v) is 5.97. The highest BCUT2D eigenvalue weighted by atomic mass is 16.6. The molecule has 3 atom stereocenters. The van der Waals surface area contributed by atoms with Crippen LogP contribution in [0.4, 0.5) is 5.69 Å². The highest BCUT2D eigenvalue weighted by molar-refractivity contribution is 5.92. The monoisotopic (exact) mass is 286 g/mol. The van der Waals surface area contributed by atoms with E-state index in [-0.39, 0.29) is 11.6 Å². The number of nitrogens with zero attached hydrogens (tertiary/aromatic N) is 1. The lowest BCUT2D eigenvalue weighted by molar-refractivity contribution is -0.384. The van der Waals surface area contributed by atoms with Crippen molar-refractivity contribution in [3.8, 4) is 0 Å². The van der Waals surface area contributed by atoms with Crippen LogP contribution in [0.5, 0.6) is 0 Å². The van der Waals surface area contributed by atoms with E-state index in [1.54, 1.807) is 18.2 Å². The van der Waals surface area contributed by atoms with Gasteiger partial charge in [-0.25, -0.2) is 0 Å². The van der Waals surface area contributed by atoms with Crippen LogP contribution in [0.15, 0.2) is 30.3 Å². The molecule has 2 aliphatic rings. The Hall–Kier alpha value is -2.17. The van der Waals surface area contributed by atoms with Crippen LogP contribution in [0.1, 0.15) is 31.2 Å². The normalized spacial score (nSPS) is 27.1. The molecule has 2 saturated carbocycles. The minimum Gasteiger partial charge on any atom is -0.350 e. The van der Waals surface area contributed by atoms with Gasteiger partial charge in [0.15, 0.2) is 0 Å². The fourth-order valence-electron chi connectivity index (χ4n) is 3.53. The number of rotatable bonds is 4. The van der Waals surface area contributed by atoms with Gasteiger partial charge in [-0.2, -0.15) is 0 Å². The SMILES string of the molecule is O=C(C=Cc1ccc([N+](=O)[O-])cc1)N[C@H]1C[C@H]2CC[C@@H]1C2. The number of nitro groups is 1. The summed E-state index contributed by atoms with van der Waals surface area (Å²) < 4.78 is 0. The zero-order valence-corrected chi connectivity index (χ0v) is 11.7. The first kappa shape index (κ1) is 13.8. The number of benzene rings is 1. The molecule has 0 spiro atoms. The van der Waals surface area contributed by atoms with Gasteiger partial charge >= 0.3 is 0 Å². The lowest BCUT2D eigenvalue weighted by Crippen LogP contribution is -2.37. The smallest absolute Gasteiger partial charge is 0.269 e. The molecule has 2 fully saturated rings. The second kappa shape index (κ2) is 5.68. The second-order valence-electron chi connectivity index (χ2n) is 5.97. The fourth-order valence-corrected chi connectivity index (χ4v) is 3.53. The first-order valence-corrected chi connectivity index (χ1v) is 7.35. The number of non-ortho nitro benzene ring substituents is 1. The number of amides is 1. The van der Waals surface area contributed by atoms with Gasteiger partial charge in [0.2, 0.25) is 5.91 Å². The van der Waals surface area contributed by atoms with E-state index in [1.807, 2.05) is 0 Å². The minimum absolute atomic E-state index is 0.0542. The molecule has 0 unspecified atom stereocenters. The van der Waals surface area contributed by atoms with Gasteiger partial charge in [-0.3, -0.25) is 14.9 Å². The van der Waals surface area contributed by atoms with Crippen molar-refractivity contribution in [2.45, 2.75) is 31.7 Å². The third-order valence-corrected chi connectivity index (χ3v) is 4.60.